The Morgan fingerprint density at radius 1 is 1.10 bits per heavy atom. The summed E-state index contributed by atoms with van der Waals surface area (Å²) in [7, 11) is 3.84. The monoisotopic (exact) mass is 405 g/mol. The van der Waals surface area contributed by atoms with Crippen LogP contribution < -0.4 is 0 Å². The molecule has 30 heavy (non-hydrogen) atoms. The minimum Gasteiger partial charge on any atom is -0.507 e. The van der Waals surface area contributed by atoms with E-state index < -0.39 is 17.7 Å². The van der Waals surface area contributed by atoms with Crippen molar-refractivity contribution in [2.75, 3.05) is 27.2 Å². The lowest BCUT2D eigenvalue weighted by Crippen LogP contribution is -2.35. The van der Waals surface area contributed by atoms with Gasteiger partial charge in [-0.3, -0.25) is 14.6 Å². The molecule has 1 aromatic heterocycles. The van der Waals surface area contributed by atoms with Crippen molar-refractivity contribution in [3.8, 4) is 0 Å². The first-order valence-corrected chi connectivity index (χ1v) is 10.4. The summed E-state index contributed by atoms with van der Waals surface area (Å²) in [6.07, 6.45) is 7.60. The second kappa shape index (κ2) is 8.40. The molecule has 6 nitrogen and oxygen atoms in total. The van der Waals surface area contributed by atoms with Gasteiger partial charge in [-0.05, 0) is 74.7 Å². The maximum atomic E-state index is 13.0. The molecule has 1 saturated heterocycles. The third-order valence-corrected chi connectivity index (χ3v) is 5.97. The van der Waals surface area contributed by atoms with Gasteiger partial charge in [0.1, 0.15) is 5.76 Å². The van der Waals surface area contributed by atoms with Crippen LogP contribution in [0.1, 0.15) is 41.1 Å². The number of carbonyl (C=O) groups is 2. The van der Waals surface area contributed by atoms with Gasteiger partial charge in [0.25, 0.3) is 11.7 Å². The van der Waals surface area contributed by atoms with E-state index in [0.717, 1.165) is 24.8 Å². The van der Waals surface area contributed by atoms with E-state index >= 15 is 0 Å². The summed E-state index contributed by atoms with van der Waals surface area (Å²) in [6.45, 7) is 1.01. The van der Waals surface area contributed by atoms with Gasteiger partial charge in [-0.25, -0.2) is 0 Å². The van der Waals surface area contributed by atoms with Gasteiger partial charge >= 0.3 is 0 Å². The van der Waals surface area contributed by atoms with Crippen LogP contribution in [0.15, 0.2) is 48.3 Å². The number of fused-ring (bicyclic) bond motifs is 1. The van der Waals surface area contributed by atoms with Crippen LogP contribution in [0.5, 0.6) is 0 Å². The number of rotatable bonds is 5. The van der Waals surface area contributed by atoms with Gasteiger partial charge in [-0.1, -0.05) is 12.1 Å². The highest BCUT2D eigenvalue weighted by molar-refractivity contribution is 6.46. The molecule has 1 unspecified atom stereocenters. The number of hydrogen-bond donors (Lipinski definition) is 1. The van der Waals surface area contributed by atoms with Crippen molar-refractivity contribution in [1.82, 2.24) is 14.8 Å². The normalized spacial score (nSPS) is 20.6. The fourth-order valence-electron chi connectivity index (χ4n) is 4.35. The van der Waals surface area contributed by atoms with E-state index in [-0.39, 0.29) is 11.3 Å². The number of ketones is 1. The zero-order valence-corrected chi connectivity index (χ0v) is 17.5. The first-order chi connectivity index (χ1) is 14.5. The molecule has 0 saturated carbocycles. The number of carbonyl (C=O) groups excluding carboxylic acids is 2. The zero-order chi connectivity index (χ0) is 21.3. The summed E-state index contributed by atoms with van der Waals surface area (Å²) < 4.78 is 0. The summed E-state index contributed by atoms with van der Waals surface area (Å²) >= 11 is 0. The van der Waals surface area contributed by atoms with Crippen molar-refractivity contribution in [3.05, 3.63) is 70.6 Å². The molecule has 1 atom stereocenters. The average Bonchev–Trinajstić information content (AvgIpc) is 3.02. The number of hydrogen-bond acceptors (Lipinski definition) is 5. The van der Waals surface area contributed by atoms with Crippen molar-refractivity contribution < 1.29 is 14.7 Å². The number of amides is 1. The Morgan fingerprint density at radius 2 is 1.80 bits per heavy atom. The molecule has 2 aromatic rings. The first-order valence-electron chi connectivity index (χ1n) is 10.4. The van der Waals surface area contributed by atoms with E-state index in [4.69, 9.17) is 0 Å². The SMILES string of the molecule is CN(C)CCN1C(=O)C(=O)/C(=C(\O)c2ccc3c(c2)CCCC3)C1c1ccncc1. The smallest absolute Gasteiger partial charge is 0.295 e. The Balaban J connectivity index is 1.81. The molecule has 1 amide bonds. The zero-order valence-electron chi connectivity index (χ0n) is 17.5. The first kappa shape index (κ1) is 20.3. The van der Waals surface area contributed by atoms with Gasteiger partial charge in [-0.2, -0.15) is 0 Å². The molecule has 156 valence electrons. The highest BCUT2D eigenvalue weighted by Crippen LogP contribution is 2.39. The van der Waals surface area contributed by atoms with Crippen molar-refractivity contribution in [2.45, 2.75) is 31.7 Å². The van der Waals surface area contributed by atoms with Crippen LogP contribution >= 0.6 is 0 Å². The number of pyridine rings is 1. The molecule has 2 aliphatic rings. The molecule has 4 rings (SSSR count). The molecule has 1 aliphatic heterocycles. The number of likely N-dealkylation sites (N-methyl/N-ethyl adjacent to an activating group) is 1. The number of aromatic nitrogens is 1. The predicted octanol–water partition coefficient (Wildman–Crippen LogP) is 2.94. The molecule has 6 heteroatoms. The van der Waals surface area contributed by atoms with Gasteiger partial charge in [0.2, 0.25) is 0 Å². The number of benzene rings is 1. The summed E-state index contributed by atoms with van der Waals surface area (Å²) in [5.74, 6) is -1.31. The maximum absolute atomic E-state index is 13.0. The van der Waals surface area contributed by atoms with Crippen molar-refractivity contribution in [2.24, 2.45) is 0 Å². The van der Waals surface area contributed by atoms with Crippen LogP contribution in [0.4, 0.5) is 0 Å². The third kappa shape index (κ3) is 3.75. The third-order valence-electron chi connectivity index (χ3n) is 5.97. The lowest BCUT2D eigenvalue weighted by molar-refractivity contribution is -0.140. The van der Waals surface area contributed by atoms with Crippen molar-refractivity contribution >= 4 is 17.4 Å². The number of Topliss-reactive ketones (excluding diaryl/α,β-unsaturated/α-hetero) is 1. The summed E-state index contributed by atoms with van der Waals surface area (Å²) in [4.78, 5) is 33.5. The van der Waals surface area contributed by atoms with Crippen LogP contribution in [-0.4, -0.2) is 58.8 Å². The minimum absolute atomic E-state index is 0.101. The topological polar surface area (TPSA) is 73.7 Å². The van der Waals surface area contributed by atoms with E-state index in [2.05, 4.69) is 4.98 Å². The molecular formula is C24H27N3O3. The Morgan fingerprint density at radius 3 is 2.50 bits per heavy atom. The van der Waals surface area contributed by atoms with Crippen LogP contribution in [0.3, 0.4) is 0 Å². The predicted molar refractivity (Wildman–Crippen MR) is 115 cm³/mol. The van der Waals surface area contributed by atoms with Crippen LogP contribution in [0, 0.1) is 0 Å². The second-order valence-corrected chi connectivity index (χ2v) is 8.27. The van der Waals surface area contributed by atoms with Gasteiger partial charge in [0, 0.05) is 31.0 Å². The Labute approximate surface area is 176 Å². The summed E-state index contributed by atoms with van der Waals surface area (Å²) in [6, 6.07) is 8.83. The van der Waals surface area contributed by atoms with Crippen LogP contribution in [0.2, 0.25) is 0 Å². The fourth-order valence-corrected chi connectivity index (χ4v) is 4.35. The number of aliphatic hydroxyl groups is 1. The van der Waals surface area contributed by atoms with Gasteiger partial charge < -0.3 is 14.9 Å². The molecule has 0 radical (unpaired) electrons. The largest absolute Gasteiger partial charge is 0.507 e. The quantitative estimate of drug-likeness (QED) is 0.470. The Hall–Kier alpha value is -2.99. The number of aryl methyl sites for hydroxylation is 2. The van der Waals surface area contributed by atoms with E-state index in [0.29, 0.717) is 18.7 Å². The van der Waals surface area contributed by atoms with Crippen molar-refractivity contribution in [1.29, 1.82) is 0 Å². The number of aliphatic hydroxyl groups excluding tert-OH is 1. The molecule has 1 fully saturated rings. The summed E-state index contributed by atoms with van der Waals surface area (Å²) in [5, 5.41) is 11.2. The van der Waals surface area contributed by atoms with E-state index in [1.165, 1.54) is 17.5 Å². The van der Waals surface area contributed by atoms with E-state index in [1.54, 1.807) is 29.4 Å². The lowest BCUT2D eigenvalue weighted by atomic mass is 9.89. The van der Waals surface area contributed by atoms with Crippen LogP contribution in [-0.2, 0) is 22.4 Å². The Bertz CT molecular complexity index is 998. The molecule has 1 aromatic carbocycles. The molecule has 1 aliphatic carbocycles. The molecule has 2 heterocycles. The highest BCUT2D eigenvalue weighted by Gasteiger charge is 2.45. The maximum Gasteiger partial charge on any atom is 0.295 e. The van der Waals surface area contributed by atoms with Crippen molar-refractivity contribution in [3.63, 3.8) is 0 Å². The lowest BCUT2D eigenvalue weighted by Gasteiger charge is -2.26. The second-order valence-electron chi connectivity index (χ2n) is 8.27. The fraction of sp³-hybridized carbons (Fsp3) is 0.375. The Kier molecular flexibility index (Phi) is 5.68. The van der Waals surface area contributed by atoms with E-state index in [1.807, 2.05) is 37.2 Å². The molecule has 0 spiro atoms. The molecule has 1 N–H and O–H groups in total. The van der Waals surface area contributed by atoms with E-state index in [9.17, 15) is 14.7 Å². The molecule has 0 bridgehead atoms. The van der Waals surface area contributed by atoms with Gasteiger partial charge in [0.05, 0.1) is 11.6 Å². The number of likely N-dealkylation sites (tertiary alicyclic amines) is 1. The molecular weight excluding hydrogens is 378 g/mol. The highest BCUT2D eigenvalue weighted by atomic mass is 16.3. The standard InChI is InChI=1S/C24H27N3O3/c1-26(2)13-14-27-21(17-9-11-25-12-10-17)20(23(29)24(27)30)22(28)19-8-7-16-5-3-4-6-18(16)15-19/h7-12,15,21,28H,3-6,13-14H2,1-2H3/b22-20-. The minimum atomic E-state index is -0.634. The van der Waals surface area contributed by atoms with Gasteiger partial charge in [-0.15, -0.1) is 0 Å². The number of nitrogens with zero attached hydrogens (tertiary/aromatic N) is 3. The van der Waals surface area contributed by atoms with Gasteiger partial charge in [0.15, 0.2) is 0 Å². The van der Waals surface area contributed by atoms with Crippen LogP contribution in [0.25, 0.3) is 5.76 Å². The summed E-state index contributed by atoms with van der Waals surface area (Å²) in [5.41, 5.74) is 4.03. The average molecular weight is 405 g/mol.